The Labute approximate surface area is 266 Å². The van der Waals surface area contributed by atoms with Crippen molar-refractivity contribution >= 4 is 11.9 Å². The zero-order valence-corrected chi connectivity index (χ0v) is 28.8. The summed E-state index contributed by atoms with van der Waals surface area (Å²) in [5.41, 5.74) is -0.152. The molecule has 0 aliphatic carbocycles. The van der Waals surface area contributed by atoms with Crippen molar-refractivity contribution < 1.29 is 19.1 Å². The quantitative estimate of drug-likeness (QED) is 0.0550. The third-order valence-corrected chi connectivity index (χ3v) is 8.82. The van der Waals surface area contributed by atoms with Gasteiger partial charge in [-0.25, -0.2) is 0 Å². The minimum Gasteiger partial charge on any atom is -0.462 e. The first-order chi connectivity index (χ1) is 21.0. The molecule has 1 aliphatic rings. The molecule has 0 saturated heterocycles. The normalized spacial score (nSPS) is 14.1. The number of unbranched alkanes of at least 4 members (excludes halogenated alkanes) is 22. The first kappa shape index (κ1) is 39.6. The third-order valence-electron chi connectivity index (χ3n) is 8.82. The molecule has 0 aromatic rings. The molecule has 0 saturated carbocycles. The molecular formula is C37H70N2O4. The molecule has 1 heterocycles. The monoisotopic (exact) mass is 607 g/mol. The van der Waals surface area contributed by atoms with Gasteiger partial charge < -0.3 is 9.47 Å². The first-order valence-electron chi connectivity index (χ1n) is 18.8. The van der Waals surface area contributed by atoms with Crippen molar-refractivity contribution in [2.24, 2.45) is 10.2 Å². The predicted molar refractivity (Wildman–Crippen MR) is 179 cm³/mol. The van der Waals surface area contributed by atoms with Crippen LogP contribution >= 0.6 is 0 Å². The molecule has 1 rings (SSSR count). The lowest BCUT2D eigenvalue weighted by Crippen LogP contribution is -2.22. The highest BCUT2D eigenvalue weighted by molar-refractivity contribution is 5.70. The minimum atomic E-state index is -0.403. The molecule has 1 aliphatic heterocycles. The van der Waals surface area contributed by atoms with Gasteiger partial charge in [0, 0.05) is 12.8 Å². The van der Waals surface area contributed by atoms with Crippen LogP contribution in [0.4, 0.5) is 0 Å². The van der Waals surface area contributed by atoms with E-state index in [0.717, 1.165) is 38.5 Å². The zero-order chi connectivity index (χ0) is 31.3. The number of carbonyl (C=O) groups is 2. The van der Waals surface area contributed by atoms with Crippen molar-refractivity contribution in [3.8, 4) is 0 Å². The SMILES string of the molecule is CCCCCCCCCCCCCCCCCC(=O)OCC(C)OC(=O)CCCCC1(CCCCCCCCCC)N=N1. The van der Waals surface area contributed by atoms with Crippen molar-refractivity contribution in [1.29, 1.82) is 0 Å². The van der Waals surface area contributed by atoms with Gasteiger partial charge in [0.05, 0.1) is 0 Å². The Morgan fingerprint density at radius 3 is 1.30 bits per heavy atom. The van der Waals surface area contributed by atoms with Crippen molar-refractivity contribution in [2.45, 2.75) is 219 Å². The van der Waals surface area contributed by atoms with Gasteiger partial charge in [-0.2, -0.15) is 10.2 Å². The molecule has 6 heteroatoms. The number of hydrogen-bond donors (Lipinski definition) is 0. The molecule has 0 spiro atoms. The van der Waals surface area contributed by atoms with Crippen LogP contribution in [0.1, 0.15) is 207 Å². The van der Waals surface area contributed by atoms with Crippen molar-refractivity contribution in [3.05, 3.63) is 0 Å². The maximum absolute atomic E-state index is 12.2. The van der Waals surface area contributed by atoms with Crippen molar-refractivity contribution in [3.63, 3.8) is 0 Å². The number of hydrogen-bond acceptors (Lipinski definition) is 6. The van der Waals surface area contributed by atoms with Gasteiger partial charge in [-0.3, -0.25) is 9.59 Å². The lowest BCUT2D eigenvalue weighted by molar-refractivity contribution is -0.158. The van der Waals surface area contributed by atoms with Crippen LogP contribution in [0.25, 0.3) is 0 Å². The zero-order valence-electron chi connectivity index (χ0n) is 28.8. The molecule has 0 aromatic carbocycles. The predicted octanol–water partition coefficient (Wildman–Crippen LogP) is 12.0. The second-order valence-electron chi connectivity index (χ2n) is 13.3. The van der Waals surface area contributed by atoms with Crippen molar-refractivity contribution in [1.82, 2.24) is 0 Å². The molecule has 1 atom stereocenters. The van der Waals surface area contributed by atoms with E-state index in [1.54, 1.807) is 6.92 Å². The van der Waals surface area contributed by atoms with E-state index < -0.39 is 6.10 Å². The van der Waals surface area contributed by atoms with Crippen LogP contribution in [0.3, 0.4) is 0 Å². The first-order valence-corrected chi connectivity index (χ1v) is 18.8. The van der Waals surface area contributed by atoms with E-state index in [1.807, 2.05) is 0 Å². The molecule has 6 nitrogen and oxygen atoms in total. The Morgan fingerprint density at radius 2 is 0.860 bits per heavy atom. The van der Waals surface area contributed by atoms with E-state index in [0.29, 0.717) is 12.8 Å². The van der Waals surface area contributed by atoms with E-state index >= 15 is 0 Å². The maximum atomic E-state index is 12.2. The summed E-state index contributed by atoms with van der Waals surface area (Å²) < 4.78 is 10.8. The van der Waals surface area contributed by atoms with E-state index in [1.165, 1.54) is 135 Å². The summed E-state index contributed by atoms with van der Waals surface area (Å²) in [7, 11) is 0. The summed E-state index contributed by atoms with van der Waals surface area (Å²) in [6.07, 6.45) is 34.3. The van der Waals surface area contributed by atoms with Gasteiger partial charge in [-0.15, -0.1) is 0 Å². The number of esters is 2. The molecule has 0 fully saturated rings. The fourth-order valence-corrected chi connectivity index (χ4v) is 5.86. The average Bonchev–Trinajstić information content (AvgIpc) is 3.77. The number of ether oxygens (including phenoxy) is 2. The summed E-state index contributed by atoms with van der Waals surface area (Å²) >= 11 is 0. The highest BCUT2D eigenvalue weighted by Crippen LogP contribution is 2.38. The maximum Gasteiger partial charge on any atom is 0.306 e. The molecule has 0 bridgehead atoms. The lowest BCUT2D eigenvalue weighted by Gasteiger charge is -2.14. The fourth-order valence-electron chi connectivity index (χ4n) is 5.86. The van der Waals surface area contributed by atoms with Crippen LogP contribution in [0.15, 0.2) is 10.2 Å². The standard InChI is InChI=1S/C37H70N2O4/c1-4-6-8-10-12-14-15-16-17-18-19-20-21-23-25-29-35(40)42-33-34(3)43-36(41)30-26-28-32-37(38-39-37)31-27-24-22-13-11-9-7-5-2/h34H,4-33H2,1-3H3. The molecule has 0 N–H and O–H groups in total. The molecule has 1 unspecified atom stereocenters. The molecule has 252 valence electrons. The van der Waals surface area contributed by atoms with E-state index in [2.05, 4.69) is 24.1 Å². The second-order valence-corrected chi connectivity index (χ2v) is 13.3. The molecule has 0 amide bonds. The lowest BCUT2D eigenvalue weighted by atomic mass is 9.98. The largest absolute Gasteiger partial charge is 0.462 e. The summed E-state index contributed by atoms with van der Waals surface area (Å²) in [5.74, 6) is -0.399. The Bertz CT molecular complexity index is 690. The highest BCUT2D eigenvalue weighted by Gasteiger charge is 2.38. The Kier molecular flexibility index (Phi) is 25.8. The van der Waals surface area contributed by atoms with Crippen molar-refractivity contribution in [2.75, 3.05) is 6.61 Å². The number of carbonyl (C=O) groups excluding carboxylic acids is 2. The minimum absolute atomic E-state index is 0.142. The summed E-state index contributed by atoms with van der Waals surface area (Å²) in [6.45, 7) is 6.46. The van der Waals surface area contributed by atoms with Crippen LogP contribution in [0.2, 0.25) is 0 Å². The summed E-state index contributed by atoms with van der Waals surface area (Å²) in [6, 6.07) is 0. The van der Waals surface area contributed by atoms with Gasteiger partial charge in [0.1, 0.15) is 12.7 Å². The average molecular weight is 607 g/mol. The van der Waals surface area contributed by atoms with Gasteiger partial charge in [-0.05, 0) is 45.4 Å². The summed E-state index contributed by atoms with van der Waals surface area (Å²) in [4.78, 5) is 24.3. The topological polar surface area (TPSA) is 77.3 Å². The molecule has 0 radical (unpaired) electrons. The van der Waals surface area contributed by atoms with Crippen LogP contribution < -0.4 is 0 Å². The number of rotatable bonds is 33. The van der Waals surface area contributed by atoms with Gasteiger partial charge >= 0.3 is 11.9 Å². The Hall–Kier alpha value is -1.46. The van der Waals surface area contributed by atoms with Crippen LogP contribution in [0.5, 0.6) is 0 Å². The van der Waals surface area contributed by atoms with E-state index in [9.17, 15) is 9.59 Å². The van der Waals surface area contributed by atoms with Crippen LogP contribution in [0, 0.1) is 0 Å². The van der Waals surface area contributed by atoms with Crippen LogP contribution in [-0.4, -0.2) is 30.3 Å². The van der Waals surface area contributed by atoms with Gasteiger partial charge in [0.25, 0.3) is 0 Å². The summed E-state index contributed by atoms with van der Waals surface area (Å²) in [5, 5.41) is 8.64. The molecular weight excluding hydrogens is 536 g/mol. The van der Waals surface area contributed by atoms with Gasteiger partial charge in [0.2, 0.25) is 0 Å². The third kappa shape index (κ3) is 25.6. The molecule has 43 heavy (non-hydrogen) atoms. The Morgan fingerprint density at radius 1 is 0.512 bits per heavy atom. The van der Waals surface area contributed by atoms with Gasteiger partial charge in [-0.1, -0.05) is 149 Å². The van der Waals surface area contributed by atoms with E-state index in [-0.39, 0.29) is 24.2 Å². The second kappa shape index (κ2) is 28.0. The Balaban J connectivity index is 1.87. The highest BCUT2D eigenvalue weighted by atomic mass is 16.6. The fraction of sp³-hybridized carbons (Fsp3) is 0.946. The van der Waals surface area contributed by atoms with Crippen LogP contribution in [-0.2, 0) is 19.1 Å². The molecule has 0 aromatic heterocycles. The van der Waals surface area contributed by atoms with E-state index in [4.69, 9.17) is 9.47 Å². The smallest absolute Gasteiger partial charge is 0.306 e. The van der Waals surface area contributed by atoms with Gasteiger partial charge in [0.15, 0.2) is 5.66 Å². The number of nitrogens with zero attached hydrogens (tertiary/aromatic N) is 2.